The predicted molar refractivity (Wildman–Crippen MR) is 72.7 cm³/mol. The van der Waals surface area contributed by atoms with Gasteiger partial charge in [0, 0.05) is 10.6 Å². The molecule has 0 aliphatic carbocycles. The average molecular weight is 270 g/mol. The summed E-state index contributed by atoms with van der Waals surface area (Å²) in [5, 5.41) is 8.86. The molecule has 0 aliphatic rings. The molecule has 0 aliphatic heterocycles. The summed E-state index contributed by atoms with van der Waals surface area (Å²) in [7, 11) is 0. The van der Waals surface area contributed by atoms with Crippen LogP contribution in [0.5, 0.6) is 0 Å². The molecule has 0 heterocycles. The highest BCUT2D eigenvalue weighted by molar-refractivity contribution is 7.99. The maximum Gasteiger partial charge on any atom is 0.335 e. The minimum Gasteiger partial charge on any atom is -0.478 e. The standard InChI is InChI=1S/C14H19FO2S/c1-9(2)6-10(3)8-18-13-7-11(14(16)17)4-5-12(13)15/h4-5,7,9-10H,6,8H2,1-3H3,(H,16,17). The number of aromatic carboxylic acids is 1. The number of thioether (sulfide) groups is 1. The Labute approximate surface area is 112 Å². The van der Waals surface area contributed by atoms with E-state index < -0.39 is 5.97 Å². The summed E-state index contributed by atoms with van der Waals surface area (Å²) < 4.78 is 13.5. The van der Waals surface area contributed by atoms with Crippen molar-refractivity contribution in [2.75, 3.05) is 5.75 Å². The highest BCUT2D eigenvalue weighted by Gasteiger charge is 2.11. The van der Waals surface area contributed by atoms with E-state index in [2.05, 4.69) is 20.8 Å². The van der Waals surface area contributed by atoms with Gasteiger partial charge in [-0.2, -0.15) is 0 Å². The van der Waals surface area contributed by atoms with Crippen LogP contribution in [0.15, 0.2) is 23.1 Å². The molecule has 1 rings (SSSR count). The lowest BCUT2D eigenvalue weighted by molar-refractivity contribution is 0.0696. The molecule has 0 saturated heterocycles. The highest BCUT2D eigenvalue weighted by atomic mass is 32.2. The maximum absolute atomic E-state index is 13.5. The van der Waals surface area contributed by atoms with Gasteiger partial charge in [0.15, 0.2) is 0 Å². The quantitative estimate of drug-likeness (QED) is 0.783. The van der Waals surface area contributed by atoms with Crippen LogP contribution in [0.25, 0.3) is 0 Å². The fourth-order valence-corrected chi connectivity index (χ4v) is 2.87. The SMILES string of the molecule is CC(C)CC(C)CSc1cc(C(=O)O)ccc1F. The van der Waals surface area contributed by atoms with Crippen molar-refractivity contribution in [2.24, 2.45) is 11.8 Å². The molecule has 0 bridgehead atoms. The number of hydrogen-bond acceptors (Lipinski definition) is 2. The first kappa shape index (κ1) is 15.0. The van der Waals surface area contributed by atoms with E-state index in [4.69, 9.17) is 5.11 Å². The molecule has 0 aromatic heterocycles. The number of halogens is 1. The molecule has 1 atom stereocenters. The molecule has 0 spiro atoms. The molecule has 1 aromatic rings. The van der Waals surface area contributed by atoms with Gasteiger partial charge >= 0.3 is 5.97 Å². The lowest BCUT2D eigenvalue weighted by atomic mass is 10.0. The number of carboxylic acids is 1. The second-order valence-electron chi connectivity index (χ2n) is 5.00. The fraction of sp³-hybridized carbons (Fsp3) is 0.500. The largest absolute Gasteiger partial charge is 0.478 e. The van der Waals surface area contributed by atoms with Crippen LogP contribution < -0.4 is 0 Å². The summed E-state index contributed by atoms with van der Waals surface area (Å²) in [4.78, 5) is 11.2. The summed E-state index contributed by atoms with van der Waals surface area (Å²) in [5.74, 6) is 0.547. The van der Waals surface area contributed by atoms with Gasteiger partial charge in [-0.25, -0.2) is 9.18 Å². The first-order valence-corrected chi connectivity index (χ1v) is 7.04. The third-order valence-corrected chi connectivity index (χ3v) is 3.93. The van der Waals surface area contributed by atoms with Crippen LogP contribution in [-0.2, 0) is 0 Å². The molecule has 0 fully saturated rings. The number of rotatable bonds is 6. The van der Waals surface area contributed by atoms with E-state index >= 15 is 0 Å². The van der Waals surface area contributed by atoms with E-state index in [1.54, 1.807) is 0 Å². The Morgan fingerprint density at radius 1 is 1.39 bits per heavy atom. The smallest absolute Gasteiger partial charge is 0.335 e. The molecular formula is C14H19FO2S. The Hall–Kier alpha value is -1.03. The van der Waals surface area contributed by atoms with Crippen LogP contribution in [-0.4, -0.2) is 16.8 Å². The zero-order valence-electron chi connectivity index (χ0n) is 10.9. The van der Waals surface area contributed by atoms with Crippen LogP contribution in [0.1, 0.15) is 37.6 Å². The Kier molecular flexibility index (Phi) is 5.66. The minimum atomic E-state index is -1.02. The monoisotopic (exact) mass is 270 g/mol. The van der Waals surface area contributed by atoms with E-state index in [9.17, 15) is 9.18 Å². The summed E-state index contributed by atoms with van der Waals surface area (Å²) in [5.41, 5.74) is 0.135. The van der Waals surface area contributed by atoms with Crippen LogP contribution in [0.4, 0.5) is 4.39 Å². The Morgan fingerprint density at radius 3 is 2.61 bits per heavy atom. The molecule has 4 heteroatoms. The first-order chi connectivity index (χ1) is 8.40. The Bertz CT molecular complexity index is 418. The Morgan fingerprint density at radius 2 is 2.06 bits per heavy atom. The third kappa shape index (κ3) is 4.69. The first-order valence-electron chi connectivity index (χ1n) is 6.05. The van der Waals surface area contributed by atoms with Crippen LogP contribution in [0.2, 0.25) is 0 Å². The molecule has 1 unspecified atom stereocenters. The molecule has 1 N–H and O–H groups in total. The minimum absolute atomic E-state index is 0.135. The summed E-state index contributed by atoms with van der Waals surface area (Å²) in [6.07, 6.45) is 1.09. The van der Waals surface area contributed by atoms with Gasteiger partial charge in [0.25, 0.3) is 0 Å². The van der Waals surface area contributed by atoms with Crippen molar-refractivity contribution in [3.8, 4) is 0 Å². The molecule has 2 nitrogen and oxygen atoms in total. The summed E-state index contributed by atoms with van der Waals surface area (Å²) >= 11 is 1.39. The van der Waals surface area contributed by atoms with E-state index in [0.29, 0.717) is 16.7 Å². The van der Waals surface area contributed by atoms with Crippen molar-refractivity contribution in [2.45, 2.75) is 32.1 Å². The molecule has 1 aromatic carbocycles. The molecule has 18 heavy (non-hydrogen) atoms. The molecule has 0 amide bonds. The van der Waals surface area contributed by atoms with Crippen molar-refractivity contribution >= 4 is 17.7 Å². The van der Waals surface area contributed by atoms with Gasteiger partial charge in [-0.05, 0) is 36.5 Å². The van der Waals surface area contributed by atoms with Crippen LogP contribution >= 0.6 is 11.8 Å². The number of carbonyl (C=O) groups is 1. The highest BCUT2D eigenvalue weighted by Crippen LogP contribution is 2.27. The van der Waals surface area contributed by atoms with Gasteiger partial charge < -0.3 is 5.11 Å². The molecule has 100 valence electrons. The number of benzene rings is 1. The van der Waals surface area contributed by atoms with Gasteiger partial charge in [0.1, 0.15) is 5.82 Å². The van der Waals surface area contributed by atoms with E-state index in [1.807, 2.05) is 0 Å². The second kappa shape index (κ2) is 6.78. The number of carboxylic acid groups (broad SMARTS) is 1. The van der Waals surface area contributed by atoms with Gasteiger partial charge in [-0.15, -0.1) is 11.8 Å². The van der Waals surface area contributed by atoms with Crippen LogP contribution in [0.3, 0.4) is 0 Å². The summed E-state index contributed by atoms with van der Waals surface area (Å²) in [6.45, 7) is 6.45. The van der Waals surface area contributed by atoms with E-state index in [0.717, 1.165) is 12.2 Å². The van der Waals surface area contributed by atoms with Gasteiger partial charge in [-0.1, -0.05) is 20.8 Å². The van der Waals surface area contributed by atoms with Crippen LogP contribution in [0, 0.1) is 17.7 Å². The zero-order chi connectivity index (χ0) is 13.7. The van der Waals surface area contributed by atoms with Gasteiger partial charge in [0.2, 0.25) is 0 Å². The van der Waals surface area contributed by atoms with Crippen molar-refractivity contribution < 1.29 is 14.3 Å². The van der Waals surface area contributed by atoms with Crippen molar-refractivity contribution in [3.63, 3.8) is 0 Å². The lowest BCUT2D eigenvalue weighted by Crippen LogP contribution is -2.03. The molecular weight excluding hydrogens is 251 g/mol. The molecule has 0 radical (unpaired) electrons. The molecule has 0 saturated carbocycles. The van der Waals surface area contributed by atoms with Crippen molar-refractivity contribution in [1.29, 1.82) is 0 Å². The fourth-order valence-electron chi connectivity index (χ4n) is 1.85. The lowest BCUT2D eigenvalue weighted by Gasteiger charge is -2.13. The van der Waals surface area contributed by atoms with Gasteiger partial charge in [-0.3, -0.25) is 0 Å². The van der Waals surface area contributed by atoms with Crippen molar-refractivity contribution in [3.05, 3.63) is 29.6 Å². The average Bonchev–Trinajstić information content (AvgIpc) is 2.26. The van der Waals surface area contributed by atoms with E-state index in [-0.39, 0.29) is 11.4 Å². The topological polar surface area (TPSA) is 37.3 Å². The predicted octanol–water partition coefficient (Wildman–Crippen LogP) is 4.30. The zero-order valence-corrected chi connectivity index (χ0v) is 11.8. The summed E-state index contributed by atoms with van der Waals surface area (Å²) in [6, 6.07) is 3.92. The van der Waals surface area contributed by atoms with E-state index in [1.165, 1.54) is 30.0 Å². The maximum atomic E-state index is 13.5. The Balaban J connectivity index is 2.66. The van der Waals surface area contributed by atoms with Gasteiger partial charge in [0.05, 0.1) is 5.56 Å². The van der Waals surface area contributed by atoms with Crippen molar-refractivity contribution in [1.82, 2.24) is 0 Å². The third-order valence-electron chi connectivity index (χ3n) is 2.58. The normalized spacial score (nSPS) is 12.7. The number of hydrogen-bond donors (Lipinski definition) is 1. The second-order valence-corrected chi connectivity index (χ2v) is 6.06.